The standard InChI is InChI=1S/C13H16N4O3/c1-14-11(18)9-10(8-6-4-3-5-7-8)17-20-12(9)16-13(19)15-2/h3-7,9,12H,1-2H3,(H,14,18)(H2,15,16,19)/t9-,12+/m1/s1. The van der Waals surface area contributed by atoms with E-state index in [9.17, 15) is 9.59 Å². The number of hydrogen-bond donors (Lipinski definition) is 3. The summed E-state index contributed by atoms with van der Waals surface area (Å²) < 4.78 is 0. The van der Waals surface area contributed by atoms with Crippen LogP contribution in [-0.4, -0.2) is 38.0 Å². The fourth-order valence-corrected chi connectivity index (χ4v) is 1.94. The molecule has 0 saturated heterocycles. The highest BCUT2D eigenvalue weighted by Crippen LogP contribution is 2.22. The smallest absolute Gasteiger partial charge is 0.317 e. The number of nitrogens with one attached hydrogen (secondary N) is 3. The van der Waals surface area contributed by atoms with Gasteiger partial charge in [0.15, 0.2) is 0 Å². The zero-order chi connectivity index (χ0) is 14.5. The maximum atomic E-state index is 12.0. The van der Waals surface area contributed by atoms with Crippen molar-refractivity contribution in [3.05, 3.63) is 35.9 Å². The maximum absolute atomic E-state index is 12.0. The summed E-state index contributed by atoms with van der Waals surface area (Å²) in [6.07, 6.45) is -0.829. The van der Waals surface area contributed by atoms with Crippen molar-refractivity contribution in [2.75, 3.05) is 14.1 Å². The Balaban J connectivity index is 2.25. The van der Waals surface area contributed by atoms with Crippen LogP contribution in [0.2, 0.25) is 0 Å². The van der Waals surface area contributed by atoms with Gasteiger partial charge in [-0.05, 0) is 0 Å². The Morgan fingerprint density at radius 3 is 2.45 bits per heavy atom. The zero-order valence-corrected chi connectivity index (χ0v) is 11.2. The summed E-state index contributed by atoms with van der Waals surface area (Å²) >= 11 is 0. The van der Waals surface area contributed by atoms with Gasteiger partial charge in [0.2, 0.25) is 12.1 Å². The minimum Gasteiger partial charge on any atom is -0.369 e. The summed E-state index contributed by atoms with van der Waals surface area (Å²) in [5, 5.41) is 11.5. The number of amides is 3. The van der Waals surface area contributed by atoms with E-state index < -0.39 is 18.2 Å². The fourth-order valence-electron chi connectivity index (χ4n) is 1.94. The third-order valence-corrected chi connectivity index (χ3v) is 2.96. The van der Waals surface area contributed by atoms with E-state index in [1.54, 1.807) is 0 Å². The van der Waals surface area contributed by atoms with Crippen LogP contribution in [0.4, 0.5) is 4.79 Å². The molecule has 0 saturated carbocycles. The zero-order valence-electron chi connectivity index (χ0n) is 11.2. The Bertz CT molecular complexity index is 530. The molecule has 1 aliphatic heterocycles. The molecule has 3 N–H and O–H groups in total. The van der Waals surface area contributed by atoms with Crippen molar-refractivity contribution < 1.29 is 14.4 Å². The molecule has 2 atom stereocenters. The van der Waals surface area contributed by atoms with Gasteiger partial charge in [-0.3, -0.25) is 10.1 Å². The molecule has 1 aliphatic rings. The molecule has 0 unspecified atom stereocenters. The number of rotatable bonds is 3. The van der Waals surface area contributed by atoms with Crippen LogP contribution in [0.3, 0.4) is 0 Å². The van der Waals surface area contributed by atoms with Gasteiger partial charge in [0.25, 0.3) is 0 Å². The highest BCUT2D eigenvalue weighted by atomic mass is 16.7. The monoisotopic (exact) mass is 276 g/mol. The Labute approximate surface area is 116 Å². The first kappa shape index (κ1) is 13.9. The van der Waals surface area contributed by atoms with Gasteiger partial charge in [0.05, 0.1) is 0 Å². The van der Waals surface area contributed by atoms with Gasteiger partial charge < -0.3 is 15.5 Å². The minimum absolute atomic E-state index is 0.272. The quantitative estimate of drug-likeness (QED) is 0.727. The van der Waals surface area contributed by atoms with Gasteiger partial charge in [0.1, 0.15) is 11.6 Å². The molecular formula is C13H16N4O3. The average Bonchev–Trinajstić information content (AvgIpc) is 2.90. The Kier molecular flexibility index (Phi) is 4.19. The molecule has 7 heteroatoms. The number of hydrogen-bond acceptors (Lipinski definition) is 4. The van der Waals surface area contributed by atoms with Gasteiger partial charge >= 0.3 is 6.03 Å². The second-order valence-electron chi connectivity index (χ2n) is 4.18. The number of carbonyl (C=O) groups excluding carboxylic acids is 2. The molecule has 1 aromatic carbocycles. The van der Waals surface area contributed by atoms with E-state index in [-0.39, 0.29) is 5.91 Å². The lowest BCUT2D eigenvalue weighted by Gasteiger charge is -2.18. The molecule has 0 radical (unpaired) electrons. The summed E-state index contributed by atoms with van der Waals surface area (Å²) in [6, 6.07) is 8.79. The van der Waals surface area contributed by atoms with Crippen LogP contribution in [0.5, 0.6) is 0 Å². The lowest BCUT2D eigenvalue weighted by atomic mass is 9.95. The number of carbonyl (C=O) groups is 2. The minimum atomic E-state index is -0.829. The van der Waals surface area contributed by atoms with Gasteiger partial charge in [-0.2, -0.15) is 0 Å². The lowest BCUT2D eigenvalue weighted by Crippen LogP contribution is -2.49. The number of nitrogens with zero attached hydrogens (tertiary/aromatic N) is 1. The molecule has 1 aromatic rings. The van der Waals surface area contributed by atoms with Crippen LogP contribution in [-0.2, 0) is 9.63 Å². The van der Waals surface area contributed by atoms with E-state index in [0.717, 1.165) is 5.56 Å². The van der Waals surface area contributed by atoms with E-state index in [4.69, 9.17) is 4.84 Å². The molecule has 0 aliphatic carbocycles. The lowest BCUT2D eigenvalue weighted by molar-refractivity contribution is -0.125. The topological polar surface area (TPSA) is 91.8 Å². The third kappa shape index (κ3) is 2.71. The summed E-state index contributed by atoms with van der Waals surface area (Å²) in [5.74, 6) is -0.966. The average molecular weight is 276 g/mol. The first-order chi connectivity index (χ1) is 9.67. The second kappa shape index (κ2) is 6.05. The summed E-state index contributed by atoms with van der Waals surface area (Å²) in [6.45, 7) is 0. The van der Waals surface area contributed by atoms with E-state index in [0.29, 0.717) is 5.71 Å². The van der Waals surface area contributed by atoms with Crippen molar-refractivity contribution in [2.24, 2.45) is 11.1 Å². The molecular weight excluding hydrogens is 260 g/mol. The molecule has 0 bridgehead atoms. The Morgan fingerprint density at radius 1 is 1.15 bits per heavy atom. The van der Waals surface area contributed by atoms with Gasteiger partial charge in [-0.15, -0.1) is 0 Å². The fraction of sp³-hybridized carbons (Fsp3) is 0.308. The van der Waals surface area contributed by atoms with Crippen molar-refractivity contribution in [2.45, 2.75) is 6.23 Å². The Hall–Kier alpha value is -2.57. The van der Waals surface area contributed by atoms with Crippen LogP contribution in [0.1, 0.15) is 5.56 Å². The molecule has 20 heavy (non-hydrogen) atoms. The molecule has 7 nitrogen and oxygen atoms in total. The predicted octanol–water partition coefficient (Wildman–Crippen LogP) is 0.0382. The van der Waals surface area contributed by atoms with Gasteiger partial charge in [-0.25, -0.2) is 4.79 Å². The largest absolute Gasteiger partial charge is 0.369 e. The molecule has 2 rings (SSSR count). The van der Waals surface area contributed by atoms with Crippen molar-refractivity contribution in [3.8, 4) is 0 Å². The highest BCUT2D eigenvalue weighted by molar-refractivity contribution is 6.14. The summed E-state index contributed by atoms with van der Waals surface area (Å²) in [4.78, 5) is 28.6. The van der Waals surface area contributed by atoms with E-state index in [1.165, 1.54) is 14.1 Å². The van der Waals surface area contributed by atoms with E-state index in [1.807, 2.05) is 30.3 Å². The van der Waals surface area contributed by atoms with Crippen molar-refractivity contribution in [3.63, 3.8) is 0 Å². The third-order valence-electron chi connectivity index (χ3n) is 2.96. The molecule has 106 valence electrons. The van der Waals surface area contributed by atoms with Crippen LogP contribution in [0.25, 0.3) is 0 Å². The van der Waals surface area contributed by atoms with Gasteiger partial charge in [0, 0.05) is 19.7 Å². The SMILES string of the molecule is CNC(=O)N[C@H]1ON=C(c2ccccc2)[C@@H]1C(=O)NC. The van der Waals surface area contributed by atoms with Gasteiger partial charge in [-0.1, -0.05) is 35.5 Å². The van der Waals surface area contributed by atoms with Crippen LogP contribution in [0.15, 0.2) is 35.5 Å². The Morgan fingerprint density at radius 2 is 1.85 bits per heavy atom. The van der Waals surface area contributed by atoms with Crippen LogP contribution in [0, 0.1) is 5.92 Å². The first-order valence-electron chi connectivity index (χ1n) is 6.16. The molecule has 0 spiro atoms. The summed E-state index contributed by atoms with van der Waals surface area (Å²) in [5.41, 5.74) is 1.27. The first-order valence-corrected chi connectivity index (χ1v) is 6.16. The molecule has 0 aromatic heterocycles. The molecule has 3 amide bonds. The van der Waals surface area contributed by atoms with E-state index in [2.05, 4.69) is 21.1 Å². The van der Waals surface area contributed by atoms with Crippen molar-refractivity contribution in [1.29, 1.82) is 0 Å². The van der Waals surface area contributed by atoms with Crippen LogP contribution >= 0.6 is 0 Å². The van der Waals surface area contributed by atoms with Crippen LogP contribution < -0.4 is 16.0 Å². The highest BCUT2D eigenvalue weighted by Gasteiger charge is 2.40. The van der Waals surface area contributed by atoms with E-state index >= 15 is 0 Å². The molecule has 0 fully saturated rings. The second-order valence-corrected chi connectivity index (χ2v) is 4.18. The van der Waals surface area contributed by atoms with Crippen molar-refractivity contribution in [1.82, 2.24) is 16.0 Å². The van der Waals surface area contributed by atoms with Crippen molar-refractivity contribution >= 4 is 17.6 Å². The predicted molar refractivity (Wildman–Crippen MR) is 73.0 cm³/mol. The number of urea groups is 1. The maximum Gasteiger partial charge on any atom is 0.317 e. The number of benzene rings is 1. The summed E-state index contributed by atoms with van der Waals surface area (Å²) in [7, 11) is 3.01. The normalized spacial score (nSPS) is 20.6. The molecule has 1 heterocycles. The number of oxime groups is 1.